The summed E-state index contributed by atoms with van der Waals surface area (Å²) in [6.07, 6.45) is 1.49. The first-order chi connectivity index (χ1) is 10.0. The van der Waals surface area contributed by atoms with Crippen molar-refractivity contribution in [3.63, 3.8) is 0 Å². The van der Waals surface area contributed by atoms with Crippen molar-refractivity contribution in [1.82, 2.24) is 9.78 Å². The van der Waals surface area contributed by atoms with E-state index in [0.717, 1.165) is 22.9 Å². The zero-order chi connectivity index (χ0) is 15.4. The molecule has 112 valence electrons. The highest BCUT2D eigenvalue weighted by molar-refractivity contribution is 5.41. The van der Waals surface area contributed by atoms with E-state index in [4.69, 9.17) is 5.73 Å². The van der Waals surface area contributed by atoms with Gasteiger partial charge in [-0.15, -0.1) is 0 Å². The maximum atomic E-state index is 13.6. The normalized spacial score (nSPS) is 10.7. The van der Waals surface area contributed by atoms with Crippen LogP contribution in [-0.2, 0) is 6.54 Å². The van der Waals surface area contributed by atoms with Crippen molar-refractivity contribution in [2.24, 2.45) is 5.73 Å². The van der Waals surface area contributed by atoms with Crippen LogP contribution in [-0.4, -0.2) is 29.9 Å². The van der Waals surface area contributed by atoms with Crippen LogP contribution in [0.25, 0.3) is 0 Å². The van der Waals surface area contributed by atoms with Gasteiger partial charge in [0.15, 0.2) is 0 Å². The lowest BCUT2D eigenvalue weighted by molar-refractivity contribution is 0.556. The number of benzene rings is 1. The van der Waals surface area contributed by atoms with Crippen molar-refractivity contribution in [2.75, 3.05) is 25.0 Å². The van der Waals surface area contributed by atoms with Gasteiger partial charge in [0.05, 0.1) is 18.4 Å². The van der Waals surface area contributed by atoms with Crippen molar-refractivity contribution in [3.8, 4) is 0 Å². The summed E-state index contributed by atoms with van der Waals surface area (Å²) in [5.74, 6) is -1.13. The highest BCUT2D eigenvalue weighted by Crippen LogP contribution is 2.11. The average Bonchev–Trinajstić information content (AvgIpc) is 2.45. The number of aromatic nitrogens is 2. The maximum absolute atomic E-state index is 13.6. The van der Waals surface area contributed by atoms with Crippen molar-refractivity contribution in [1.29, 1.82) is 0 Å². The molecule has 5 nitrogen and oxygen atoms in total. The fourth-order valence-corrected chi connectivity index (χ4v) is 1.90. The smallest absolute Gasteiger partial charge is 0.269 e. The molecule has 0 unspecified atom stereocenters. The third-order valence-corrected chi connectivity index (χ3v) is 3.09. The van der Waals surface area contributed by atoms with E-state index in [0.29, 0.717) is 18.8 Å². The van der Waals surface area contributed by atoms with Gasteiger partial charge < -0.3 is 10.6 Å². The maximum Gasteiger partial charge on any atom is 0.269 e. The first-order valence-electron chi connectivity index (χ1n) is 6.43. The lowest BCUT2D eigenvalue weighted by Gasteiger charge is -2.17. The average molecular weight is 294 g/mol. The fourth-order valence-electron chi connectivity index (χ4n) is 1.90. The van der Waals surface area contributed by atoms with Gasteiger partial charge >= 0.3 is 0 Å². The standard InChI is InChI=1S/C14H16F2N4O/c1-19(5-4-17)12-7-14(21)20(18-8-12)9-10-6-11(15)2-3-13(10)16/h2-3,6-8H,4-5,9,17H2,1H3. The largest absolute Gasteiger partial charge is 0.372 e. The quantitative estimate of drug-likeness (QED) is 0.892. The number of hydrogen-bond acceptors (Lipinski definition) is 4. The predicted molar refractivity (Wildman–Crippen MR) is 76.3 cm³/mol. The van der Waals surface area contributed by atoms with Gasteiger partial charge in [-0.25, -0.2) is 13.5 Å². The summed E-state index contributed by atoms with van der Waals surface area (Å²) in [4.78, 5) is 13.8. The van der Waals surface area contributed by atoms with Crippen LogP contribution in [0, 0.1) is 11.6 Å². The number of anilines is 1. The molecule has 0 atom stereocenters. The summed E-state index contributed by atoms with van der Waals surface area (Å²) in [7, 11) is 1.79. The third-order valence-electron chi connectivity index (χ3n) is 3.09. The Kier molecular flexibility index (Phi) is 4.64. The predicted octanol–water partition coefficient (Wildman–Crippen LogP) is 0.965. The second-order valence-electron chi connectivity index (χ2n) is 4.66. The highest BCUT2D eigenvalue weighted by atomic mass is 19.1. The van der Waals surface area contributed by atoms with Gasteiger partial charge in [0.25, 0.3) is 5.56 Å². The number of nitrogens with zero attached hydrogens (tertiary/aromatic N) is 3. The molecule has 2 N–H and O–H groups in total. The monoisotopic (exact) mass is 294 g/mol. The highest BCUT2D eigenvalue weighted by Gasteiger charge is 2.08. The van der Waals surface area contributed by atoms with E-state index in [9.17, 15) is 13.6 Å². The van der Waals surface area contributed by atoms with Crippen LogP contribution in [0.2, 0.25) is 0 Å². The Morgan fingerprint density at radius 3 is 2.76 bits per heavy atom. The Morgan fingerprint density at radius 2 is 2.10 bits per heavy atom. The first kappa shape index (κ1) is 15.1. The number of hydrogen-bond donors (Lipinski definition) is 1. The van der Waals surface area contributed by atoms with E-state index in [1.54, 1.807) is 11.9 Å². The van der Waals surface area contributed by atoms with Crippen LogP contribution in [0.5, 0.6) is 0 Å². The molecule has 0 bridgehead atoms. The molecule has 0 saturated carbocycles. The van der Waals surface area contributed by atoms with E-state index in [1.165, 1.54) is 12.3 Å². The van der Waals surface area contributed by atoms with Crippen LogP contribution in [0.15, 0.2) is 35.3 Å². The van der Waals surface area contributed by atoms with Crippen molar-refractivity contribution >= 4 is 5.69 Å². The number of likely N-dealkylation sites (N-methyl/N-ethyl adjacent to an activating group) is 1. The zero-order valence-electron chi connectivity index (χ0n) is 11.6. The Labute approximate surface area is 120 Å². The van der Waals surface area contributed by atoms with Crippen LogP contribution >= 0.6 is 0 Å². The summed E-state index contributed by atoms with van der Waals surface area (Å²) in [6.45, 7) is 0.918. The number of nitrogens with two attached hydrogens (primary N) is 1. The van der Waals surface area contributed by atoms with Crippen LogP contribution in [0.1, 0.15) is 5.56 Å². The molecule has 7 heteroatoms. The van der Waals surface area contributed by atoms with Gasteiger partial charge in [-0.3, -0.25) is 4.79 Å². The second kappa shape index (κ2) is 6.45. The van der Waals surface area contributed by atoms with Gasteiger partial charge in [0.2, 0.25) is 0 Å². The molecule has 2 rings (SSSR count). The molecule has 0 radical (unpaired) electrons. The summed E-state index contributed by atoms with van der Waals surface area (Å²) >= 11 is 0. The van der Waals surface area contributed by atoms with Gasteiger partial charge in [-0.1, -0.05) is 0 Å². The van der Waals surface area contributed by atoms with Crippen molar-refractivity contribution in [3.05, 3.63) is 58.0 Å². The minimum Gasteiger partial charge on any atom is -0.372 e. The Bertz CT molecular complexity index is 687. The summed E-state index contributed by atoms with van der Waals surface area (Å²) in [5, 5.41) is 3.98. The molecule has 0 aliphatic carbocycles. The minimum atomic E-state index is -0.575. The summed E-state index contributed by atoms with van der Waals surface area (Å²) in [6, 6.07) is 4.50. The molecule has 0 amide bonds. The molecule has 0 fully saturated rings. The number of halogens is 2. The van der Waals surface area contributed by atoms with E-state index in [-0.39, 0.29) is 17.7 Å². The molecule has 1 aromatic heterocycles. The van der Waals surface area contributed by atoms with Crippen LogP contribution < -0.4 is 16.2 Å². The van der Waals surface area contributed by atoms with Crippen LogP contribution in [0.4, 0.5) is 14.5 Å². The second-order valence-corrected chi connectivity index (χ2v) is 4.66. The van der Waals surface area contributed by atoms with E-state index >= 15 is 0 Å². The molecule has 0 spiro atoms. The van der Waals surface area contributed by atoms with E-state index < -0.39 is 11.6 Å². The third kappa shape index (κ3) is 3.63. The molecule has 0 saturated heterocycles. The molecular weight excluding hydrogens is 278 g/mol. The lowest BCUT2D eigenvalue weighted by atomic mass is 10.2. The number of rotatable bonds is 5. The SMILES string of the molecule is CN(CCN)c1cnn(Cc2cc(F)ccc2F)c(=O)c1. The Hall–Kier alpha value is -2.28. The molecular formula is C14H16F2N4O. The minimum absolute atomic E-state index is 0.0765. The van der Waals surface area contributed by atoms with Crippen LogP contribution in [0.3, 0.4) is 0 Å². The lowest BCUT2D eigenvalue weighted by Crippen LogP contribution is -2.29. The van der Waals surface area contributed by atoms with Gasteiger partial charge in [-0.2, -0.15) is 5.10 Å². The van der Waals surface area contributed by atoms with Gasteiger partial charge in [0, 0.05) is 31.8 Å². The Morgan fingerprint density at radius 1 is 1.33 bits per heavy atom. The van der Waals surface area contributed by atoms with Gasteiger partial charge in [0.1, 0.15) is 11.6 Å². The Balaban J connectivity index is 2.25. The summed E-state index contributed by atoms with van der Waals surface area (Å²) in [5.41, 5.74) is 5.76. The summed E-state index contributed by atoms with van der Waals surface area (Å²) < 4.78 is 27.8. The molecule has 0 aliphatic heterocycles. The topological polar surface area (TPSA) is 64.2 Å². The molecule has 2 aromatic rings. The first-order valence-corrected chi connectivity index (χ1v) is 6.43. The van der Waals surface area contributed by atoms with Crippen molar-refractivity contribution in [2.45, 2.75) is 6.54 Å². The van der Waals surface area contributed by atoms with Gasteiger partial charge in [-0.05, 0) is 18.2 Å². The fraction of sp³-hybridized carbons (Fsp3) is 0.286. The van der Waals surface area contributed by atoms with E-state index in [2.05, 4.69) is 5.10 Å². The zero-order valence-corrected chi connectivity index (χ0v) is 11.6. The van der Waals surface area contributed by atoms with Crippen molar-refractivity contribution < 1.29 is 8.78 Å². The molecule has 1 aromatic carbocycles. The molecule has 21 heavy (non-hydrogen) atoms. The molecule has 1 heterocycles. The van der Waals surface area contributed by atoms with E-state index in [1.807, 2.05) is 0 Å². The molecule has 0 aliphatic rings.